The maximum Gasteiger partial charge on any atom is 0.314 e. The molecule has 2 aliphatic heterocycles. The molecule has 2 heterocycles. The number of β-amino-alcohol motifs (C(OH)–C–C–N with tert-alkyl or cyclic N) is 1. The van der Waals surface area contributed by atoms with Crippen molar-refractivity contribution in [2.75, 3.05) is 65.6 Å². The normalized spacial score (nSPS) is 20.4. The number of rotatable bonds is 7. The number of aliphatic hydroxyl groups is 1. The van der Waals surface area contributed by atoms with Crippen molar-refractivity contribution in [2.45, 2.75) is 12.6 Å². The maximum absolute atomic E-state index is 11.2. The Hall–Kier alpha value is -1.87. The zero-order chi connectivity index (χ0) is 19.1. The van der Waals surface area contributed by atoms with E-state index in [9.17, 15) is 9.90 Å². The van der Waals surface area contributed by atoms with Crippen molar-refractivity contribution in [3.63, 3.8) is 0 Å². The minimum absolute atomic E-state index is 0.276. The lowest BCUT2D eigenvalue weighted by atomic mass is 10.2. The predicted octanol–water partition coefficient (Wildman–Crippen LogP) is -0.0452. The van der Waals surface area contributed by atoms with Crippen molar-refractivity contribution in [1.82, 2.24) is 14.7 Å². The molecule has 2 amide bonds. The summed E-state index contributed by atoms with van der Waals surface area (Å²) < 4.78 is 11.1. The van der Waals surface area contributed by atoms with Gasteiger partial charge in [0.15, 0.2) is 0 Å². The highest BCUT2D eigenvalue weighted by atomic mass is 16.5. The van der Waals surface area contributed by atoms with Crippen LogP contribution in [-0.2, 0) is 11.3 Å². The zero-order valence-electron chi connectivity index (χ0n) is 15.8. The Balaban J connectivity index is 1.42. The number of nitrogens with zero attached hydrogens (tertiary/aromatic N) is 3. The fraction of sp³-hybridized carbons (Fsp3) is 0.632. The second kappa shape index (κ2) is 9.89. The molecule has 0 bridgehead atoms. The largest absolute Gasteiger partial charge is 0.491 e. The summed E-state index contributed by atoms with van der Waals surface area (Å²) in [5.74, 6) is 0.768. The van der Waals surface area contributed by atoms with Crippen LogP contribution in [0.15, 0.2) is 24.3 Å². The summed E-state index contributed by atoms with van der Waals surface area (Å²) in [5.41, 5.74) is 6.48. The van der Waals surface area contributed by atoms with E-state index < -0.39 is 6.10 Å². The van der Waals surface area contributed by atoms with E-state index in [4.69, 9.17) is 15.2 Å². The molecular formula is C19H30N4O4. The number of ether oxygens (including phenoxy) is 2. The summed E-state index contributed by atoms with van der Waals surface area (Å²) in [7, 11) is 0. The number of benzene rings is 1. The average Bonchev–Trinajstić information content (AvgIpc) is 2.68. The minimum Gasteiger partial charge on any atom is -0.491 e. The average molecular weight is 378 g/mol. The van der Waals surface area contributed by atoms with Crippen LogP contribution in [0.4, 0.5) is 4.79 Å². The molecule has 3 N–H and O–H groups in total. The molecule has 2 fully saturated rings. The second-order valence-electron chi connectivity index (χ2n) is 7.13. The van der Waals surface area contributed by atoms with E-state index in [1.165, 1.54) is 0 Å². The van der Waals surface area contributed by atoms with Gasteiger partial charge in [-0.15, -0.1) is 0 Å². The van der Waals surface area contributed by atoms with E-state index in [2.05, 4.69) is 15.9 Å². The number of urea groups is 1. The van der Waals surface area contributed by atoms with Crippen LogP contribution < -0.4 is 10.5 Å². The van der Waals surface area contributed by atoms with E-state index in [-0.39, 0.29) is 12.6 Å². The Labute approximate surface area is 160 Å². The number of carbonyl (C=O) groups excluding carboxylic acids is 1. The summed E-state index contributed by atoms with van der Waals surface area (Å²) in [6.45, 7) is 7.81. The van der Waals surface area contributed by atoms with Gasteiger partial charge in [0.2, 0.25) is 0 Å². The van der Waals surface area contributed by atoms with Crippen LogP contribution in [-0.4, -0.2) is 97.6 Å². The van der Waals surface area contributed by atoms with Gasteiger partial charge in [-0.25, -0.2) is 4.79 Å². The summed E-state index contributed by atoms with van der Waals surface area (Å²) >= 11 is 0. The van der Waals surface area contributed by atoms with Crippen LogP contribution in [0, 0.1) is 0 Å². The number of amides is 2. The number of hydrogen-bond acceptors (Lipinski definition) is 6. The predicted molar refractivity (Wildman–Crippen MR) is 102 cm³/mol. The van der Waals surface area contributed by atoms with Gasteiger partial charge in [0.25, 0.3) is 0 Å². The third-order valence-corrected chi connectivity index (χ3v) is 5.00. The van der Waals surface area contributed by atoms with Crippen LogP contribution in [0.3, 0.4) is 0 Å². The van der Waals surface area contributed by atoms with Gasteiger partial charge >= 0.3 is 6.03 Å². The molecule has 0 aliphatic carbocycles. The molecule has 0 unspecified atom stereocenters. The fourth-order valence-corrected chi connectivity index (χ4v) is 3.45. The van der Waals surface area contributed by atoms with Crippen molar-refractivity contribution in [2.24, 2.45) is 5.73 Å². The number of nitrogens with two attached hydrogens (primary N) is 1. The Kier molecular flexibility index (Phi) is 7.28. The van der Waals surface area contributed by atoms with Gasteiger partial charge in [-0.05, 0) is 17.7 Å². The third-order valence-electron chi connectivity index (χ3n) is 5.00. The SMILES string of the molecule is NC(=O)N1CCN(Cc2cccc(OC[C@H](O)CN3CCOCC3)c2)CC1. The smallest absolute Gasteiger partial charge is 0.314 e. The number of piperazine rings is 1. The molecule has 1 atom stereocenters. The first-order valence-corrected chi connectivity index (χ1v) is 9.57. The highest BCUT2D eigenvalue weighted by Crippen LogP contribution is 2.16. The van der Waals surface area contributed by atoms with Crippen molar-refractivity contribution in [3.05, 3.63) is 29.8 Å². The first-order valence-electron chi connectivity index (χ1n) is 9.57. The van der Waals surface area contributed by atoms with Crippen molar-refractivity contribution >= 4 is 6.03 Å². The number of hydrogen-bond donors (Lipinski definition) is 2. The summed E-state index contributed by atoms with van der Waals surface area (Å²) in [4.78, 5) is 17.4. The minimum atomic E-state index is -0.520. The molecule has 27 heavy (non-hydrogen) atoms. The van der Waals surface area contributed by atoms with Gasteiger partial charge in [-0.3, -0.25) is 9.80 Å². The molecule has 0 saturated carbocycles. The Morgan fingerprint density at radius 2 is 1.89 bits per heavy atom. The summed E-state index contributed by atoms with van der Waals surface area (Å²) in [6, 6.07) is 7.62. The maximum atomic E-state index is 11.2. The number of carbonyl (C=O) groups is 1. The van der Waals surface area contributed by atoms with E-state index in [0.717, 1.165) is 57.3 Å². The van der Waals surface area contributed by atoms with Gasteiger partial charge in [0.1, 0.15) is 18.5 Å². The van der Waals surface area contributed by atoms with Crippen LogP contribution in [0.5, 0.6) is 5.75 Å². The monoisotopic (exact) mass is 378 g/mol. The first-order chi connectivity index (χ1) is 13.1. The molecular weight excluding hydrogens is 348 g/mol. The zero-order valence-corrected chi connectivity index (χ0v) is 15.8. The van der Waals surface area contributed by atoms with Gasteiger partial charge in [-0.2, -0.15) is 0 Å². The van der Waals surface area contributed by atoms with Crippen LogP contribution in [0.2, 0.25) is 0 Å². The number of aliphatic hydroxyl groups excluding tert-OH is 1. The number of primary amides is 1. The molecule has 1 aromatic rings. The highest BCUT2D eigenvalue weighted by Gasteiger charge is 2.19. The lowest BCUT2D eigenvalue weighted by Crippen LogP contribution is -2.50. The summed E-state index contributed by atoms with van der Waals surface area (Å²) in [5, 5.41) is 10.2. The Morgan fingerprint density at radius 3 is 2.59 bits per heavy atom. The molecule has 150 valence electrons. The molecule has 3 rings (SSSR count). The molecule has 1 aromatic carbocycles. The van der Waals surface area contributed by atoms with E-state index >= 15 is 0 Å². The van der Waals surface area contributed by atoms with E-state index in [1.807, 2.05) is 18.2 Å². The van der Waals surface area contributed by atoms with Crippen molar-refractivity contribution < 1.29 is 19.4 Å². The molecule has 8 heteroatoms. The lowest BCUT2D eigenvalue weighted by Gasteiger charge is -2.33. The third kappa shape index (κ3) is 6.35. The van der Waals surface area contributed by atoms with Crippen LogP contribution in [0.1, 0.15) is 5.56 Å². The molecule has 8 nitrogen and oxygen atoms in total. The Morgan fingerprint density at radius 1 is 1.15 bits per heavy atom. The lowest BCUT2D eigenvalue weighted by molar-refractivity contribution is 0.00464. The highest BCUT2D eigenvalue weighted by molar-refractivity contribution is 5.72. The Bertz CT molecular complexity index is 601. The molecule has 2 aliphatic rings. The van der Waals surface area contributed by atoms with Gasteiger partial charge in [-0.1, -0.05) is 12.1 Å². The topological polar surface area (TPSA) is 91.5 Å². The standard InChI is InChI=1S/C19H30N4O4/c20-19(25)23-6-4-21(5-7-23)13-16-2-1-3-18(12-16)27-15-17(24)14-22-8-10-26-11-9-22/h1-3,12,17,24H,4-11,13-15H2,(H2,20,25)/t17-/m1/s1. The van der Waals surface area contributed by atoms with Crippen molar-refractivity contribution in [1.29, 1.82) is 0 Å². The quantitative estimate of drug-likeness (QED) is 0.692. The second-order valence-corrected chi connectivity index (χ2v) is 7.13. The van der Waals surface area contributed by atoms with Crippen LogP contribution >= 0.6 is 0 Å². The fourth-order valence-electron chi connectivity index (χ4n) is 3.45. The summed E-state index contributed by atoms with van der Waals surface area (Å²) in [6.07, 6.45) is -0.520. The molecule has 0 aromatic heterocycles. The van der Waals surface area contributed by atoms with E-state index in [0.29, 0.717) is 19.6 Å². The van der Waals surface area contributed by atoms with Crippen LogP contribution in [0.25, 0.3) is 0 Å². The molecule has 0 spiro atoms. The van der Waals surface area contributed by atoms with Gasteiger partial charge in [0.05, 0.1) is 13.2 Å². The first kappa shape index (κ1) is 19.9. The molecule has 0 radical (unpaired) electrons. The van der Waals surface area contributed by atoms with Gasteiger partial charge < -0.3 is 25.2 Å². The molecule has 2 saturated heterocycles. The van der Waals surface area contributed by atoms with Crippen molar-refractivity contribution in [3.8, 4) is 5.75 Å². The number of morpholine rings is 1. The van der Waals surface area contributed by atoms with Gasteiger partial charge in [0, 0.05) is 52.4 Å². The van der Waals surface area contributed by atoms with E-state index in [1.54, 1.807) is 4.90 Å².